The fraction of sp³-hybridized carbons (Fsp3) is 0.556. The maximum absolute atomic E-state index is 13.2. The molecule has 2 atom stereocenters. The van der Waals surface area contributed by atoms with E-state index in [-0.39, 0.29) is 17.2 Å². The summed E-state index contributed by atoms with van der Waals surface area (Å²) in [6.45, 7) is 10.3. The number of hydrogen-bond acceptors (Lipinski definition) is 3. The van der Waals surface area contributed by atoms with E-state index in [2.05, 4.69) is 43.3 Å². The number of rotatable bonds is 9. The summed E-state index contributed by atoms with van der Waals surface area (Å²) >= 11 is 0. The second-order valence-corrected chi connectivity index (χ2v) is 10.1. The molecule has 1 heterocycles. The molecule has 2 aromatic rings. The van der Waals surface area contributed by atoms with E-state index >= 15 is 0 Å². The monoisotopic (exact) mass is 453 g/mol. The van der Waals surface area contributed by atoms with Gasteiger partial charge in [-0.2, -0.15) is 0 Å². The third kappa shape index (κ3) is 5.85. The minimum Gasteiger partial charge on any atom is -0.388 e. The van der Waals surface area contributed by atoms with Gasteiger partial charge in [-0.25, -0.2) is 0 Å². The van der Waals surface area contributed by atoms with Gasteiger partial charge in [0.05, 0.1) is 6.10 Å². The Balaban J connectivity index is 1.80. The molecule has 0 fully saturated rings. The Hall–Kier alpha value is -2.60. The highest BCUT2D eigenvalue weighted by Crippen LogP contribution is 2.42. The van der Waals surface area contributed by atoms with Crippen molar-refractivity contribution in [3.05, 3.63) is 52.3 Å². The van der Waals surface area contributed by atoms with E-state index in [4.69, 9.17) is 0 Å². The van der Waals surface area contributed by atoms with Crippen molar-refractivity contribution in [1.82, 2.24) is 10.3 Å². The number of anilines is 1. The van der Waals surface area contributed by atoms with Crippen molar-refractivity contribution < 1.29 is 14.7 Å². The van der Waals surface area contributed by atoms with Crippen LogP contribution in [0.5, 0.6) is 0 Å². The smallest absolute Gasteiger partial charge is 0.268 e. The Bertz CT molecular complexity index is 992. The molecule has 2 unspecified atom stereocenters. The number of H-pyrrole nitrogens is 1. The highest BCUT2D eigenvalue weighted by atomic mass is 16.3. The van der Waals surface area contributed by atoms with Gasteiger partial charge in [0.15, 0.2) is 0 Å². The molecule has 1 aromatic carbocycles. The number of aryl methyl sites for hydroxylation is 1. The first kappa shape index (κ1) is 25.0. The van der Waals surface area contributed by atoms with Gasteiger partial charge in [0, 0.05) is 16.9 Å². The van der Waals surface area contributed by atoms with Crippen LogP contribution in [-0.4, -0.2) is 27.9 Å². The number of aromatic amines is 1. The lowest BCUT2D eigenvalue weighted by Gasteiger charge is -2.33. The SMILES string of the molecule is CCCCC(NC(=O)c1[nH]c2c(c1C)C(O)CC(C)(C)C2)C(=O)Nc1ccccc1CCC. The fourth-order valence-corrected chi connectivity index (χ4v) is 4.92. The lowest BCUT2D eigenvalue weighted by atomic mass is 9.75. The number of carbonyl (C=O) groups excluding carboxylic acids is 2. The molecule has 180 valence electrons. The lowest BCUT2D eigenvalue weighted by Crippen LogP contribution is -2.44. The topological polar surface area (TPSA) is 94.2 Å². The minimum atomic E-state index is -0.631. The predicted molar refractivity (Wildman–Crippen MR) is 132 cm³/mol. The van der Waals surface area contributed by atoms with Gasteiger partial charge in [0.1, 0.15) is 11.7 Å². The standard InChI is InChI=1S/C27H39N3O3/c1-6-8-13-20(25(32)29-19-14-10-9-12-18(19)11-7-2)30-26(33)24-17(3)23-21(28-24)15-27(4,5)16-22(23)31/h9-10,12,14,20,22,28,31H,6-8,11,13,15-16H2,1-5H3,(H,29,32)(H,30,33). The molecular weight excluding hydrogens is 414 g/mol. The second-order valence-electron chi connectivity index (χ2n) is 10.1. The summed E-state index contributed by atoms with van der Waals surface area (Å²) in [6, 6.07) is 7.19. The van der Waals surface area contributed by atoms with Crippen LogP contribution in [0.4, 0.5) is 5.69 Å². The zero-order chi connectivity index (χ0) is 24.2. The Morgan fingerprint density at radius 3 is 2.64 bits per heavy atom. The van der Waals surface area contributed by atoms with Crippen molar-refractivity contribution >= 4 is 17.5 Å². The van der Waals surface area contributed by atoms with Gasteiger partial charge in [-0.1, -0.05) is 65.2 Å². The van der Waals surface area contributed by atoms with Crippen LogP contribution in [0, 0.1) is 12.3 Å². The predicted octanol–water partition coefficient (Wildman–Crippen LogP) is 5.21. The molecule has 6 heteroatoms. The highest BCUT2D eigenvalue weighted by molar-refractivity contribution is 6.01. The largest absolute Gasteiger partial charge is 0.388 e. The first-order valence-electron chi connectivity index (χ1n) is 12.3. The number of hydrogen-bond donors (Lipinski definition) is 4. The van der Waals surface area contributed by atoms with Gasteiger partial charge in [-0.15, -0.1) is 0 Å². The summed E-state index contributed by atoms with van der Waals surface area (Å²) in [4.78, 5) is 29.7. The van der Waals surface area contributed by atoms with Crippen molar-refractivity contribution in [3.8, 4) is 0 Å². The molecule has 1 aliphatic carbocycles. The molecule has 0 bridgehead atoms. The molecule has 0 radical (unpaired) electrons. The number of carbonyl (C=O) groups is 2. The van der Waals surface area contributed by atoms with Gasteiger partial charge >= 0.3 is 0 Å². The first-order valence-corrected chi connectivity index (χ1v) is 12.3. The summed E-state index contributed by atoms with van der Waals surface area (Å²) < 4.78 is 0. The highest BCUT2D eigenvalue weighted by Gasteiger charge is 2.36. The van der Waals surface area contributed by atoms with Gasteiger partial charge in [0.25, 0.3) is 5.91 Å². The molecule has 0 aliphatic heterocycles. The minimum absolute atomic E-state index is 0.0348. The lowest BCUT2D eigenvalue weighted by molar-refractivity contribution is -0.118. The third-order valence-electron chi connectivity index (χ3n) is 6.60. The van der Waals surface area contributed by atoms with Crippen LogP contribution >= 0.6 is 0 Å². The van der Waals surface area contributed by atoms with Crippen LogP contribution in [0.15, 0.2) is 24.3 Å². The average Bonchev–Trinajstić information content (AvgIpc) is 3.07. The number of fused-ring (bicyclic) bond motifs is 1. The number of benzene rings is 1. The first-order chi connectivity index (χ1) is 15.7. The number of nitrogens with one attached hydrogen (secondary N) is 3. The van der Waals surface area contributed by atoms with Crippen LogP contribution in [0.2, 0.25) is 0 Å². The molecular formula is C27H39N3O3. The number of unbranched alkanes of at least 4 members (excludes halogenated alkanes) is 1. The summed E-state index contributed by atoms with van der Waals surface area (Å²) in [5, 5.41) is 16.7. The molecule has 1 aromatic heterocycles. The summed E-state index contributed by atoms with van der Waals surface area (Å²) in [6.07, 6.45) is 5.07. The molecule has 3 rings (SSSR count). The number of amides is 2. The van der Waals surface area contributed by atoms with Crippen LogP contribution < -0.4 is 10.6 Å². The van der Waals surface area contributed by atoms with Crippen molar-refractivity contribution in [2.24, 2.45) is 5.41 Å². The van der Waals surface area contributed by atoms with Crippen molar-refractivity contribution in [1.29, 1.82) is 0 Å². The number of aliphatic hydroxyl groups excluding tert-OH is 1. The number of aliphatic hydroxyl groups is 1. The molecule has 6 nitrogen and oxygen atoms in total. The van der Waals surface area contributed by atoms with E-state index in [1.165, 1.54) is 0 Å². The maximum atomic E-state index is 13.2. The van der Waals surface area contributed by atoms with Crippen LogP contribution in [0.25, 0.3) is 0 Å². The molecule has 2 amide bonds. The fourth-order valence-electron chi connectivity index (χ4n) is 4.92. The average molecular weight is 454 g/mol. The third-order valence-corrected chi connectivity index (χ3v) is 6.60. The molecule has 4 N–H and O–H groups in total. The summed E-state index contributed by atoms with van der Waals surface area (Å²) in [5.74, 6) is -0.500. The summed E-state index contributed by atoms with van der Waals surface area (Å²) in [5.41, 5.74) is 4.83. The van der Waals surface area contributed by atoms with Gasteiger partial charge in [0.2, 0.25) is 5.91 Å². The van der Waals surface area contributed by atoms with Crippen LogP contribution in [0.1, 0.15) is 98.8 Å². The van der Waals surface area contributed by atoms with E-state index in [1.807, 2.05) is 31.2 Å². The van der Waals surface area contributed by atoms with E-state index in [1.54, 1.807) is 0 Å². The van der Waals surface area contributed by atoms with E-state index in [0.29, 0.717) is 18.5 Å². The zero-order valence-electron chi connectivity index (χ0n) is 20.7. The number of aromatic nitrogens is 1. The normalized spacial score (nSPS) is 17.8. The summed E-state index contributed by atoms with van der Waals surface area (Å²) in [7, 11) is 0. The quantitative estimate of drug-likeness (QED) is 0.420. The maximum Gasteiger partial charge on any atom is 0.268 e. The zero-order valence-corrected chi connectivity index (χ0v) is 20.7. The van der Waals surface area contributed by atoms with Gasteiger partial charge in [-0.3, -0.25) is 9.59 Å². The van der Waals surface area contributed by atoms with E-state index < -0.39 is 12.1 Å². The van der Waals surface area contributed by atoms with Gasteiger partial charge < -0.3 is 20.7 Å². The van der Waals surface area contributed by atoms with Crippen LogP contribution in [0.3, 0.4) is 0 Å². The second kappa shape index (κ2) is 10.6. The van der Waals surface area contributed by atoms with Gasteiger partial charge in [-0.05, 0) is 55.2 Å². The Kier molecular flexibility index (Phi) is 8.01. The number of para-hydroxylation sites is 1. The van der Waals surface area contributed by atoms with Crippen molar-refractivity contribution in [2.45, 2.75) is 91.7 Å². The Labute approximate surface area is 197 Å². The Morgan fingerprint density at radius 2 is 1.94 bits per heavy atom. The van der Waals surface area contributed by atoms with Crippen molar-refractivity contribution in [2.75, 3.05) is 5.32 Å². The molecule has 0 saturated carbocycles. The van der Waals surface area contributed by atoms with Crippen molar-refractivity contribution in [3.63, 3.8) is 0 Å². The Morgan fingerprint density at radius 1 is 1.21 bits per heavy atom. The molecule has 0 spiro atoms. The van der Waals surface area contributed by atoms with E-state index in [9.17, 15) is 14.7 Å². The molecule has 33 heavy (non-hydrogen) atoms. The van der Waals surface area contributed by atoms with E-state index in [0.717, 1.165) is 60.2 Å². The molecule has 0 saturated heterocycles. The molecule has 1 aliphatic rings. The van der Waals surface area contributed by atoms with Crippen LogP contribution in [-0.2, 0) is 17.6 Å².